The predicted molar refractivity (Wildman–Crippen MR) is 53.6 cm³/mol. The highest BCUT2D eigenvalue weighted by Gasteiger charge is 2.13. The molecule has 0 saturated heterocycles. The zero-order valence-corrected chi connectivity index (χ0v) is 8.04. The van der Waals surface area contributed by atoms with Gasteiger partial charge in [0.1, 0.15) is 5.75 Å². The van der Waals surface area contributed by atoms with Gasteiger partial charge >= 0.3 is 0 Å². The minimum atomic E-state index is -0.278. The van der Waals surface area contributed by atoms with Crippen molar-refractivity contribution in [2.75, 3.05) is 6.54 Å². The summed E-state index contributed by atoms with van der Waals surface area (Å²) in [5.41, 5.74) is 13.8. The average molecular weight is 180 g/mol. The molecule has 0 aliphatic carbocycles. The lowest BCUT2D eigenvalue weighted by Gasteiger charge is -2.15. The number of phenols is 1. The van der Waals surface area contributed by atoms with Crippen molar-refractivity contribution in [1.82, 2.24) is 0 Å². The number of nitrogens with two attached hydrogens (primary N) is 2. The van der Waals surface area contributed by atoms with Crippen molar-refractivity contribution in [3.63, 3.8) is 0 Å². The number of hydrogen-bond donors (Lipinski definition) is 3. The number of aryl methyl sites for hydroxylation is 2. The third-order valence-electron chi connectivity index (χ3n) is 2.26. The van der Waals surface area contributed by atoms with Crippen molar-refractivity contribution >= 4 is 0 Å². The number of hydrogen-bond acceptors (Lipinski definition) is 3. The Morgan fingerprint density at radius 1 is 1.31 bits per heavy atom. The van der Waals surface area contributed by atoms with Crippen molar-refractivity contribution in [2.45, 2.75) is 19.9 Å². The van der Waals surface area contributed by atoms with E-state index in [1.807, 2.05) is 26.0 Å². The monoisotopic (exact) mass is 180 g/mol. The standard InChI is InChI=1S/C10H16N2O/c1-6-3-4-7(2)10(13)9(6)8(12)5-11/h3-4,8,13H,5,11-12H2,1-2H3. The molecule has 5 N–H and O–H groups in total. The molecule has 0 fully saturated rings. The van der Waals surface area contributed by atoms with Gasteiger partial charge in [0.25, 0.3) is 0 Å². The summed E-state index contributed by atoms with van der Waals surface area (Å²) in [7, 11) is 0. The van der Waals surface area contributed by atoms with Gasteiger partial charge in [0.2, 0.25) is 0 Å². The summed E-state index contributed by atoms with van der Waals surface area (Å²) in [6.07, 6.45) is 0. The van der Waals surface area contributed by atoms with Crippen LogP contribution in [0.4, 0.5) is 0 Å². The number of benzene rings is 1. The van der Waals surface area contributed by atoms with Crippen molar-refractivity contribution in [3.8, 4) is 5.75 Å². The first-order valence-electron chi connectivity index (χ1n) is 4.32. The highest BCUT2D eigenvalue weighted by atomic mass is 16.3. The number of phenolic OH excluding ortho intramolecular Hbond substituents is 1. The zero-order valence-electron chi connectivity index (χ0n) is 8.04. The molecule has 0 amide bonds. The van der Waals surface area contributed by atoms with Gasteiger partial charge in [-0.25, -0.2) is 0 Å². The van der Waals surface area contributed by atoms with Gasteiger partial charge in [-0.15, -0.1) is 0 Å². The minimum Gasteiger partial charge on any atom is -0.507 e. The summed E-state index contributed by atoms with van der Waals surface area (Å²) in [5, 5.41) is 9.74. The van der Waals surface area contributed by atoms with E-state index in [9.17, 15) is 5.11 Å². The van der Waals surface area contributed by atoms with Gasteiger partial charge in [-0.05, 0) is 25.0 Å². The fourth-order valence-electron chi connectivity index (χ4n) is 1.40. The maximum absolute atomic E-state index is 9.74. The largest absolute Gasteiger partial charge is 0.507 e. The number of rotatable bonds is 2. The SMILES string of the molecule is Cc1ccc(C)c(C(N)CN)c1O. The molecule has 1 atom stereocenters. The maximum atomic E-state index is 9.74. The summed E-state index contributed by atoms with van der Waals surface area (Å²) in [6, 6.07) is 3.54. The van der Waals surface area contributed by atoms with Gasteiger partial charge < -0.3 is 16.6 Å². The first kappa shape index (κ1) is 10.0. The summed E-state index contributed by atoms with van der Waals surface area (Å²) < 4.78 is 0. The summed E-state index contributed by atoms with van der Waals surface area (Å²) in [5.74, 6) is 0.276. The Labute approximate surface area is 78.4 Å². The van der Waals surface area contributed by atoms with E-state index in [0.29, 0.717) is 6.54 Å². The topological polar surface area (TPSA) is 72.3 Å². The molecule has 1 rings (SSSR count). The van der Waals surface area contributed by atoms with Crippen molar-refractivity contribution < 1.29 is 5.11 Å². The first-order chi connectivity index (χ1) is 6.07. The van der Waals surface area contributed by atoms with Crippen LogP contribution >= 0.6 is 0 Å². The normalized spacial score (nSPS) is 12.9. The maximum Gasteiger partial charge on any atom is 0.123 e. The van der Waals surface area contributed by atoms with Crippen molar-refractivity contribution in [2.24, 2.45) is 11.5 Å². The van der Waals surface area contributed by atoms with Crippen LogP contribution in [0.1, 0.15) is 22.7 Å². The third-order valence-corrected chi connectivity index (χ3v) is 2.26. The van der Waals surface area contributed by atoms with Gasteiger partial charge in [-0.1, -0.05) is 12.1 Å². The van der Waals surface area contributed by atoms with E-state index >= 15 is 0 Å². The molecule has 72 valence electrons. The molecule has 1 aromatic carbocycles. The highest BCUT2D eigenvalue weighted by molar-refractivity contribution is 5.46. The fraction of sp³-hybridized carbons (Fsp3) is 0.400. The first-order valence-corrected chi connectivity index (χ1v) is 4.32. The molecule has 0 saturated carbocycles. The van der Waals surface area contributed by atoms with E-state index in [1.165, 1.54) is 0 Å². The van der Waals surface area contributed by atoms with Crippen LogP contribution in [0.3, 0.4) is 0 Å². The van der Waals surface area contributed by atoms with Crippen LogP contribution in [0, 0.1) is 13.8 Å². The van der Waals surface area contributed by atoms with Crippen LogP contribution in [0.2, 0.25) is 0 Å². The van der Waals surface area contributed by atoms with Crippen LogP contribution < -0.4 is 11.5 Å². The van der Waals surface area contributed by atoms with E-state index in [1.54, 1.807) is 0 Å². The molecule has 0 bridgehead atoms. The Morgan fingerprint density at radius 2 is 1.85 bits per heavy atom. The molecular weight excluding hydrogens is 164 g/mol. The molecule has 1 unspecified atom stereocenters. The van der Waals surface area contributed by atoms with Gasteiger partial charge in [-0.3, -0.25) is 0 Å². The molecular formula is C10H16N2O. The summed E-state index contributed by atoms with van der Waals surface area (Å²) >= 11 is 0. The van der Waals surface area contributed by atoms with Crippen molar-refractivity contribution in [3.05, 3.63) is 28.8 Å². The van der Waals surface area contributed by atoms with Crippen molar-refractivity contribution in [1.29, 1.82) is 0 Å². The van der Waals surface area contributed by atoms with Crippen LogP contribution in [0.15, 0.2) is 12.1 Å². The van der Waals surface area contributed by atoms with Gasteiger partial charge in [0.15, 0.2) is 0 Å². The smallest absolute Gasteiger partial charge is 0.123 e. The molecule has 0 radical (unpaired) electrons. The van der Waals surface area contributed by atoms with Gasteiger partial charge in [-0.2, -0.15) is 0 Å². The molecule has 0 aromatic heterocycles. The molecule has 0 spiro atoms. The second-order valence-electron chi connectivity index (χ2n) is 3.30. The quantitative estimate of drug-likeness (QED) is 0.635. The lowest BCUT2D eigenvalue weighted by atomic mass is 9.98. The van der Waals surface area contributed by atoms with E-state index < -0.39 is 0 Å². The van der Waals surface area contributed by atoms with Crippen LogP contribution in [-0.4, -0.2) is 11.7 Å². The lowest BCUT2D eigenvalue weighted by molar-refractivity contribution is 0.457. The van der Waals surface area contributed by atoms with Crippen LogP contribution in [0.25, 0.3) is 0 Å². The molecule has 1 aromatic rings. The zero-order chi connectivity index (χ0) is 10.0. The molecule has 3 heteroatoms. The molecule has 0 aliphatic rings. The van der Waals surface area contributed by atoms with E-state index in [2.05, 4.69) is 0 Å². The predicted octanol–water partition coefficient (Wildman–Crippen LogP) is 0.968. The molecule has 0 heterocycles. The van der Waals surface area contributed by atoms with E-state index in [-0.39, 0.29) is 11.8 Å². The molecule has 3 nitrogen and oxygen atoms in total. The molecule has 0 aliphatic heterocycles. The van der Waals surface area contributed by atoms with E-state index in [4.69, 9.17) is 11.5 Å². The van der Waals surface area contributed by atoms with Crippen LogP contribution in [0.5, 0.6) is 5.75 Å². The van der Waals surface area contributed by atoms with Crippen LogP contribution in [-0.2, 0) is 0 Å². The third kappa shape index (κ3) is 1.82. The molecule has 13 heavy (non-hydrogen) atoms. The Hall–Kier alpha value is -1.06. The Morgan fingerprint density at radius 3 is 2.38 bits per heavy atom. The highest BCUT2D eigenvalue weighted by Crippen LogP contribution is 2.28. The number of aromatic hydroxyl groups is 1. The Balaban J connectivity index is 3.25. The summed E-state index contributed by atoms with van der Waals surface area (Å²) in [4.78, 5) is 0. The lowest BCUT2D eigenvalue weighted by Crippen LogP contribution is -2.21. The Bertz CT molecular complexity index is 310. The Kier molecular flexibility index (Phi) is 2.90. The summed E-state index contributed by atoms with van der Waals surface area (Å²) in [6.45, 7) is 4.11. The fourth-order valence-corrected chi connectivity index (χ4v) is 1.40. The van der Waals surface area contributed by atoms with Gasteiger partial charge in [0, 0.05) is 18.2 Å². The van der Waals surface area contributed by atoms with E-state index in [0.717, 1.165) is 16.7 Å². The van der Waals surface area contributed by atoms with Gasteiger partial charge in [0.05, 0.1) is 0 Å². The second-order valence-corrected chi connectivity index (χ2v) is 3.30. The minimum absolute atomic E-state index is 0.276. The average Bonchev–Trinajstić information content (AvgIpc) is 2.12. The second kappa shape index (κ2) is 3.77.